The normalized spacial score (nSPS) is 12.0. The van der Waals surface area contributed by atoms with Gasteiger partial charge in [-0.15, -0.1) is 0 Å². The van der Waals surface area contributed by atoms with Crippen LogP contribution in [0.15, 0.2) is 42.0 Å². The Balaban J connectivity index is 2.33. The van der Waals surface area contributed by atoms with Gasteiger partial charge in [0.2, 0.25) is 0 Å². The SMILES string of the molecule is CCOc1cc(/C=C(/C#N)C(=O)Nc2ccc(O)cc2)cc(Cl)c1OC(C)CC. The van der Waals surface area contributed by atoms with E-state index in [4.69, 9.17) is 21.1 Å². The predicted octanol–water partition coefficient (Wildman–Crippen LogP) is 5.17. The first-order chi connectivity index (χ1) is 13.9. The lowest BCUT2D eigenvalue weighted by molar-refractivity contribution is -0.112. The number of nitriles is 1. The summed E-state index contributed by atoms with van der Waals surface area (Å²) in [6.07, 6.45) is 2.19. The third-order valence-electron chi connectivity index (χ3n) is 4.03. The number of aromatic hydroxyl groups is 1. The van der Waals surface area contributed by atoms with Gasteiger partial charge in [0.25, 0.3) is 5.91 Å². The molecule has 152 valence electrons. The van der Waals surface area contributed by atoms with Gasteiger partial charge in [0.15, 0.2) is 11.5 Å². The average Bonchev–Trinajstić information content (AvgIpc) is 2.70. The van der Waals surface area contributed by atoms with Crippen LogP contribution in [-0.2, 0) is 4.79 Å². The second-order valence-corrected chi connectivity index (χ2v) is 6.68. The Morgan fingerprint density at radius 3 is 2.59 bits per heavy atom. The molecule has 1 atom stereocenters. The summed E-state index contributed by atoms with van der Waals surface area (Å²) in [7, 11) is 0. The van der Waals surface area contributed by atoms with Crippen molar-refractivity contribution in [2.24, 2.45) is 0 Å². The van der Waals surface area contributed by atoms with E-state index in [0.29, 0.717) is 34.4 Å². The zero-order chi connectivity index (χ0) is 21.4. The highest BCUT2D eigenvalue weighted by atomic mass is 35.5. The number of ether oxygens (including phenoxy) is 2. The lowest BCUT2D eigenvalue weighted by Crippen LogP contribution is -2.13. The van der Waals surface area contributed by atoms with Gasteiger partial charge in [0.05, 0.1) is 17.7 Å². The molecule has 0 heterocycles. The molecule has 1 unspecified atom stereocenters. The van der Waals surface area contributed by atoms with Crippen LogP contribution in [0.2, 0.25) is 5.02 Å². The van der Waals surface area contributed by atoms with E-state index in [1.165, 1.54) is 30.3 Å². The standard InChI is InChI=1S/C22H23ClN2O4/c1-4-14(3)29-21-19(23)11-15(12-20(21)28-5-2)10-16(13-24)22(27)25-17-6-8-18(26)9-7-17/h6-12,14,26H,4-5H2,1-3H3,(H,25,27)/b16-10-. The van der Waals surface area contributed by atoms with Crippen LogP contribution in [0.5, 0.6) is 17.2 Å². The molecule has 6 nitrogen and oxygen atoms in total. The van der Waals surface area contributed by atoms with E-state index in [9.17, 15) is 15.2 Å². The van der Waals surface area contributed by atoms with Crippen LogP contribution in [0.1, 0.15) is 32.8 Å². The monoisotopic (exact) mass is 414 g/mol. The summed E-state index contributed by atoms with van der Waals surface area (Å²) in [6.45, 7) is 6.19. The van der Waals surface area contributed by atoms with E-state index in [1.54, 1.807) is 12.1 Å². The molecule has 0 saturated heterocycles. The molecule has 0 spiro atoms. The maximum atomic E-state index is 12.4. The van der Waals surface area contributed by atoms with Gasteiger partial charge in [-0.05, 0) is 68.3 Å². The number of halogens is 1. The summed E-state index contributed by atoms with van der Waals surface area (Å²) in [5.41, 5.74) is 0.888. The number of phenols is 1. The highest BCUT2D eigenvalue weighted by Gasteiger charge is 2.16. The molecule has 2 N–H and O–H groups in total. The summed E-state index contributed by atoms with van der Waals surface area (Å²) in [5, 5.41) is 21.7. The van der Waals surface area contributed by atoms with E-state index in [2.05, 4.69) is 5.32 Å². The molecule has 0 radical (unpaired) electrons. The zero-order valence-electron chi connectivity index (χ0n) is 16.5. The minimum Gasteiger partial charge on any atom is -0.508 e. The van der Waals surface area contributed by atoms with Crippen molar-refractivity contribution >= 4 is 29.3 Å². The first-order valence-electron chi connectivity index (χ1n) is 9.23. The summed E-state index contributed by atoms with van der Waals surface area (Å²) in [6, 6.07) is 11.1. The fourth-order valence-electron chi connectivity index (χ4n) is 2.39. The molecular formula is C22H23ClN2O4. The Bertz CT molecular complexity index is 933. The number of hydrogen-bond donors (Lipinski definition) is 2. The molecule has 2 aromatic carbocycles. The molecule has 0 aliphatic rings. The molecule has 2 rings (SSSR count). The fraction of sp³-hybridized carbons (Fsp3) is 0.273. The van der Waals surface area contributed by atoms with Crippen molar-refractivity contribution in [1.82, 2.24) is 0 Å². The van der Waals surface area contributed by atoms with E-state index in [0.717, 1.165) is 6.42 Å². The molecule has 0 saturated carbocycles. The average molecular weight is 415 g/mol. The van der Waals surface area contributed by atoms with Crippen molar-refractivity contribution in [3.05, 3.63) is 52.6 Å². The summed E-state index contributed by atoms with van der Waals surface area (Å²) < 4.78 is 11.5. The number of benzene rings is 2. The van der Waals surface area contributed by atoms with Crippen LogP contribution in [0.25, 0.3) is 6.08 Å². The molecule has 29 heavy (non-hydrogen) atoms. The van der Waals surface area contributed by atoms with Crippen LogP contribution in [0, 0.1) is 11.3 Å². The van der Waals surface area contributed by atoms with E-state index >= 15 is 0 Å². The molecule has 7 heteroatoms. The van der Waals surface area contributed by atoms with Gasteiger partial charge < -0.3 is 19.9 Å². The minimum atomic E-state index is -0.577. The van der Waals surface area contributed by atoms with Gasteiger partial charge in [-0.1, -0.05) is 18.5 Å². The first kappa shape index (κ1) is 22.1. The van der Waals surface area contributed by atoms with Crippen LogP contribution < -0.4 is 14.8 Å². The van der Waals surface area contributed by atoms with Crippen LogP contribution in [0.3, 0.4) is 0 Å². The summed E-state index contributed by atoms with van der Waals surface area (Å²) in [5.74, 6) is 0.388. The number of nitrogens with one attached hydrogen (secondary N) is 1. The van der Waals surface area contributed by atoms with Crippen molar-refractivity contribution in [1.29, 1.82) is 5.26 Å². The third-order valence-corrected chi connectivity index (χ3v) is 4.31. The number of rotatable bonds is 8. The molecule has 0 bridgehead atoms. The van der Waals surface area contributed by atoms with Crippen molar-refractivity contribution in [3.8, 4) is 23.3 Å². The number of carbonyl (C=O) groups excluding carboxylic acids is 1. The number of amides is 1. The van der Waals surface area contributed by atoms with Crippen molar-refractivity contribution in [2.75, 3.05) is 11.9 Å². The second-order valence-electron chi connectivity index (χ2n) is 6.27. The number of carbonyl (C=O) groups is 1. The number of hydrogen-bond acceptors (Lipinski definition) is 5. The van der Waals surface area contributed by atoms with E-state index in [-0.39, 0.29) is 17.4 Å². The minimum absolute atomic E-state index is 0.0427. The predicted molar refractivity (Wildman–Crippen MR) is 113 cm³/mol. The summed E-state index contributed by atoms with van der Waals surface area (Å²) in [4.78, 5) is 12.4. The highest BCUT2D eigenvalue weighted by molar-refractivity contribution is 6.32. The second kappa shape index (κ2) is 10.4. The molecule has 0 aromatic heterocycles. The van der Waals surface area contributed by atoms with E-state index in [1.807, 2.05) is 26.8 Å². The maximum absolute atomic E-state index is 12.4. The molecule has 0 aliphatic carbocycles. The van der Waals surface area contributed by atoms with Crippen LogP contribution in [0.4, 0.5) is 5.69 Å². The highest BCUT2D eigenvalue weighted by Crippen LogP contribution is 2.38. The maximum Gasteiger partial charge on any atom is 0.266 e. The Morgan fingerprint density at radius 2 is 2.00 bits per heavy atom. The molecular weight excluding hydrogens is 392 g/mol. The largest absolute Gasteiger partial charge is 0.508 e. The van der Waals surface area contributed by atoms with Crippen LogP contribution >= 0.6 is 11.6 Å². The number of nitrogens with zero attached hydrogens (tertiary/aromatic N) is 1. The zero-order valence-corrected chi connectivity index (χ0v) is 17.3. The van der Waals surface area contributed by atoms with Crippen molar-refractivity contribution in [2.45, 2.75) is 33.3 Å². The van der Waals surface area contributed by atoms with Crippen LogP contribution in [-0.4, -0.2) is 23.7 Å². The lowest BCUT2D eigenvalue weighted by Gasteiger charge is -2.18. The molecule has 0 fully saturated rings. The molecule has 1 amide bonds. The fourth-order valence-corrected chi connectivity index (χ4v) is 2.66. The first-order valence-corrected chi connectivity index (χ1v) is 9.60. The van der Waals surface area contributed by atoms with Gasteiger partial charge >= 0.3 is 0 Å². The van der Waals surface area contributed by atoms with Crippen molar-refractivity contribution < 1.29 is 19.4 Å². The Labute approximate surface area is 175 Å². The molecule has 0 aliphatic heterocycles. The number of anilines is 1. The quantitative estimate of drug-likeness (QED) is 0.353. The van der Waals surface area contributed by atoms with Gasteiger partial charge in [0, 0.05) is 5.69 Å². The van der Waals surface area contributed by atoms with Gasteiger partial charge in [-0.25, -0.2) is 0 Å². The Kier molecular flexibility index (Phi) is 7.93. The van der Waals surface area contributed by atoms with E-state index < -0.39 is 5.91 Å². The Morgan fingerprint density at radius 1 is 1.31 bits per heavy atom. The van der Waals surface area contributed by atoms with Gasteiger partial charge in [-0.2, -0.15) is 5.26 Å². The topological polar surface area (TPSA) is 91.6 Å². The smallest absolute Gasteiger partial charge is 0.266 e. The molecule has 2 aromatic rings. The Hall–Kier alpha value is -3.17. The van der Waals surface area contributed by atoms with Crippen molar-refractivity contribution in [3.63, 3.8) is 0 Å². The third kappa shape index (κ3) is 6.16. The van der Waals surface area contributed by atoms with Gasteiger partial charge in [-0.3, -0.25) is 4.79 Å². The van der Waals surface area contributed by atoms with Gasteiger partial charge in [0.1, 0.15) is 17.4 Å². The lowest BCUT2D eigenvalue weighted by atomic mass is 10.1. The number of phenolic OH excluding ortho intramolecular Hbond substituents is 1. The summed E-state index contributed by atoms with van der Waals surface area (Å²) >= 11 is 6.38.